The average Bonchev–Trinajstić information content (AvgIpc) is 2.70. The second-order valence-electron chi connectivity index (χ2n) is 6.21. The van der Waals surface area contributed by atoms with E-state index in [1.165, 1.54) is 16.7 Å². The molecule has 0 fully saturated rings. The molecule has 148 valence electrons. The Hall–Kier alpha value is -3.46. The Kier molecular flexibility index (Phi) is 6.08. The van der Waals surface area contributed by atoms with E-state index < -0.39 is 4.92 Å². The van der Waals surface area contributed by atoms with Crippen molar-refractivity contribution in [3.63, 3.8) is 0 Å². The summed E-state index contributed by atoms with van der Waals surface area (Å²) in [4.78, 5) is 40.0. The van der Waals surface area contributed by atoms with Crippen molar-refractivity contribution in [2.45, 2.75) is 18.6 Å². The van der Waals surface area contributed by atoms with Crippen molar-refractivity contribution in [3.05, 3.63) is 81.2 Å². The highest BCUT2D eigenvalue weighted by atomic mass is 32.2. The molecule has 29 heavy (non-hydrogen) atoms. The third-order valence-electron chi connectivity index (χ3n) is 4.18. The summed E-state index contributed by atoms with van der Waals surface area (Å²) in [5.74, 6) is -0.365. The molecule has 0 atom stereocenters. The van der Waals surface area contributed by atoms with Crippen molar-refractivity contribution in [3.8, 4) is 0 Å². The minimum absolute atomic E-state index is 0.00987. The summed E-state index contributed by atoms with van der Waals surface area (Å²) in [7, 11) is 0. The summed E-state index contributed by atoms with van der Waals surface area (Å²) in [6.07, 6.45) is 1.59. The number of non-ortho nitro benzene ring substituents is 1. The van der Waals surface area contributed by atoms with Gasteiger partial charge in [-0.2, -0.15) is 0 Å². The fourth-order valence-electron chi connectivity index (χ4n) is 2.72. The maximum absolute atomic E-state index is 12.7. The third kappa shape index (κ3) is 4.52. The van der Waals surface area contributed by atoms with E-state index in [-0.39, 0.29) is 29.5 Å². The summed E-state index contributed by atoms with van der Waals surface area (Å²) in [6.45, 7) is 5.69. The topological polar surface area (TPSA) is 107 Å². The molecular formula is C20H18N4O4S. The minimum Gasteiger partial charge on any atom is -0.325 e. The van der Waals surface area contributed by atoms with Crippen LogP contribution in [0.2, 0.25) is 0 Å². The van der Waals surface area contributed by atoms with Gasteiger partial charge >= 0.3 is 0 Å². The van der Waals surface area contributed by atoms with Crippen LogP contribution in [-0.4, -0.2) is 26.1 Å². The molecule has 8 nitrogen and oxygen atoms in total. The van der Waals surface area contributed by atoms with Crippen molar-refractivity contribution >= 4 is 39.9 Å². The molecule has 1 amide bonds. The third-order valence-corrected chi connectivity index (χ3v) is 5.15. The Labute approximate surface area is 170 Å². The van der Waals surface area contributed by atoms with Gasteiger partial charge in [0.15, 0.2) is 5.16 Å². The van der Waals surface area contributed by atoms with E-state index in [4.69, 9.17) is 0 Å². The summed E-state index contributed by atoms with van der Waals surface area (Å²) in [5.41, 5.74) is 1.33. The number of amides is 1. The number of nitrogens with zero attached hydrogens (tertiary/aromatic N) is 3. The van der Waals surface area contributed by atoms with Crippen molar-refractivity contribution in [2.75, 3.05) is 11.1 Å². The molecule has 0 aliphatic rings. The summed E-state index contributed by atoms with van der Waals surface area (Å²) >= 11 is 1.12. The summed E-state index contributed by atoms with van der Waals surface area (Å²) in [5, 5.41) is 14.5. The van der Waals surface area contributed by atoms with E-state index >= 15 is 0 Å². The first kappa shape index (κ1) is 20.3. The predicted molar refractivity (Wildman–Crippen MR) is 113 cm³/mol. The average molecular weight is 410 g/mol. The van der Waals surface area contributed by atoms with Crippen LogP contribution in [-0.2, 0) is 11.3 Å². The smallest absolute Gasteiger partial charge is 0.271 e. The molecule has 1 heterocycles. The number of aromatic nitrogens is 2. The number of anilines is 1. The molecule has 3 rings (SSSR count). The zero-order valence-corrected chi connectivity index (χ0v) is 16.4. The lowest BCUT2D eigenvalue weighted by Gasteiger charge is -2.12. The van der Waals surface area contributed by atoms with Gasteiger partial charge < -0.3 is 5.32 Å². The van der Waals surface area contributed by atoms with Gasteiger partial charge in [-0.05, 0) is 24.6 Å². The number of aryl methyl sites for hydroxylation is 1. The summed E-state index contributed by atoms with van der Waals surface area (Å²) in [6, 6.07) is 11.3. The Morgan fingerprint density at radius 1 is 1.34 bits per heavy atom. The number of hydrogen-bond acceptors (Lipinski definition) is 6. The van der Waals surface area contributed by atoms with E-state index in [1.807, 2.05) is 0 Å². The van der Waals surface area contributed by atoms with Gasteiger partial charge in [-0.1, -0.05) is 36.0 Å². The van der Waals surface area contributed by atoms with Crippen LogP contribution in [0.4, 0.5) is 11.4 Å². The first-order valence-electron chi connectivity index (χ1n) is 8.69. The SMILES string of the molecule is C=CCn1c(SCC(=O)Nc2cc([N+](=O)[O-])ccc2C)nc2ccccc2c1=O. The van der Waals surface area contributed by atoms with E-state index in [0.29, 0.717) is 27.3 Å². The number of thioether (sulfide) groups is 1. The first-order valence-corrected chi connectivity index (χ1v) is 9.67. The van der Waals surface area contributed by atoms with Crippen LogP contribution in [0.5, 0.6) is 0 Å². The molecule has 3 aromatic rings. The zero-order valence-electron chi connectivity index (χ0n) is 15.6. The number of hydrogen-bond donors (Lipinski definition) is 1. The molecule has 9 heteroatoms. The number of carbonyl (C=O) groups is 1. The van der Waals surface area contributed by atoms with Crippen LogP contribution in [0, 0.1) is 17.0 Å². The Balaban J connectivity index is 1.82. The van der Waals surface area contributed by atoms with Gasteiger partial charge in [0.1, 0.15) is 0 Å². The standard InChI is InChI=1S/C20H18N4O4S/c1-3-10-23-19(26)15-6-4-5-7-16(15)22-20(23)29-12-18(25)21-17-11-14(24(27)28)9-8-13(17)2/h3-9,11H,1,10,12H2,2H3,(H,21,25). The molecule has 1 aromatic heterocycles. The van der Waals surface area contributed by atoms with Gasteiger partial charge in [0.2, 0.25) is 5.91 Å². The molecule has 0 unspecified atom stereocenters. The maximum Gasteiger partial charge on any atom is 0.271 e. The van der Waals surface area contributed by atoms with Gasteiger partial charge in [0.05, 0.1) is 27.3 Å². The first-order chi connectivity index (χ1) is 13.9. The molecular weight excluding hydrogens is 392 g/mol. The van der Waals surface area contributed by atoms with Crippen molar-refractivity contribution < 1.29 is 9.72 Å². The Bertz CT molecular complexity index is 1170. The fourth-order valence-corrected chi connectivity index (χ4v) is 3.53. The number of rotatable bonds is 7. The lowest BCUT2D eigenvalue weighted by Crippen LogP contribution is -2.23. The minimum atomic E-state index is -0.517. The number of nitro benzene ring substituents is 1. The number of allylic oxidation sites excluding steroid dienone is 1. The molecule has 1 N–H and O–H groups in total. The van der Waals surface area contributed by atoms with E-state index in [1.54, 1.807) is 43.3 Å². The van der Waals surface area contributed by atoms with Crippen LogP contribution in [0.3, 0.4) is 0 Å². The Morgan fingerprint density at radius 2 is 2.10 bits per heavy atom. The van der Waals surface area contributed by atoms with Crippen LogP contribution in [0.25, 0.3) is 10.9 Å². The van der Waals surface area contributed by atoms with Crippen LogP contribution >= 0.6 is 11.8 Å². The highest BCUT2D eigenvalue weighted by molar-refractivity contribution is 7.99. The van der Waals surface area contributed by atoms with Gasteiger partial charge in [0, 0.05) is 18.7 Å². The van der Waals surface area contributed by atoms with Crippen LogP contribution < -0.4 is 10.9 Å². The number of carbonyl (C=O) groups excluding carboxylic acids is 1. The second-order valence-corrected chi connectivity index (χ2v) is 7.15. The number of nitro groups is 1. The molecule has 0 bridgehead atoms. The highest BCUT2D eigenvalue weighted by Crippen LogP contribution is 2.23. The largest absolute Gasteiger partial charge is 0.325 e. The number of fused-ring (bicyclic) bond motifs is 1. The second kappa shape index (κ2) is 8.70. The van der Waals surface area contributed by atoms with E-state index in [9.17, 15) is 19.7 Å². The van der Waals surface area contributed by atoms with E-state index in [0.717, 1.165) is 11.8 Å². The maximum atomic E-state index is 12.7. The summed E-state index contributed by atoms with van der Waals surface area (Å²) < 4.78 is 1.46. The zero-order chi connectivity index (χ0) is 21.0. The normalized spacial score (nSPS) is 10.7. The van der Waals surface area contributed by atoms with Crippen LogP contribution in [0.15, 0.2) is 65.1 Å². The molecule has 0 saturated carbocycles. The fraction of sp³-hybridized carbons (Fsp3) is 0.150. The number of nitrogens with one attached hydrogen (secondary N) is 1. The quantitative estimate of drug-likeness (QED) is 0.210. The lowest BCUT2D eigenvalue weighted by molar-refractivity contribution is -0.384. The lowest BCUT2D eigenvalue weighted by atomic mass is 10.2. The van der Waals surface area contributed by atoms with Crippen molar-refractivity contribution in [1.82, 2.24) is 9.55 Å². The van der Waals surface area contributed by atoms with Gasteiger partial charge in [0.25, 0.3) is 11.2 Å². The number of para-hydroxylation sites is 1. The van der Waals surface area contributed by atoms with Crippen LogP contribution in [0.1, 0.15) is 5.56 Å². The molecule has 0 saturated heterocycles. The highest BCUT2D eigenvalue weighted by Gasteiger charge is 2.14. The molecule has 2 aromatic carbocycles. The molecule has 0 radical (unpaired) electrons. The number of benzene rings is 2. The Morgan fingerprint density at radius 3 is 2.83 bits per heavy atom. The van der Waals surface area contributed by atoms with Crippen molar-refractivity contribution in [2.24, 2.45) is 0 Å². The van der Waals surface area contributed by atoms with Gasteiger partial charge in [-0.25, -0.2) is 4.98 Å². The monoisotopic (exact) mass is 410 g/mol. The van der Waals surface area contributed by atoms with Crippen molar-refractivity contribution in [1.29, 1.82) is 0 Å². The molecule has 0 aliphatic heterocycles. The molecule has 0 aliphatic carbocycles. The predicted octanol–water partition coefficient (Wildman–Crippen LogP) is 3.53. The van der Waals surface area contributed by atoms with Gasteiger partial charge in [-0.15, -0.1) is 6.58 Å². The van der Waals surface area contributed by atoms with E-state index in [2.05, 4.69) is 16.9 Å². The molecule has 0 spiro atoms. The van der Waals surface area contributed by atoms with Gasteiger partial charge in [-0.3, -0.25) is 24.3 Å².